The predicted molar refractivity (Wildman–Crippen MR) is 108 cm³/mol. The minimum atomic E-state index is -1.76. The van der Waals surface area contributed by atoms with Crippen LogP contribution in [0.2, 0.25) is 0 Å². The molecule has 0 amide bonds. The fourth-order valence-electron chi connectivity index (χ4n) is 2.87. The molecule has 186 valence electrons. The van der Waals surface area contributed by atoms with E-state index in [0.717, 1.165) is 6.08 Å². The highest BCUT2D eigenvalue weighted by molar-refractivity contribution is 5.87. The average molecular weight is 476 g/mol. The number of carbonyl (C=O) groups is 1. The highest BCUT2D eigenvalue weighted by atomic mass is 16.7. The molecule has 0 radical (unpaired) electrons. The first kappa shape index (κ1) is 26.9. The number of phenolic OH excluding ortho intramolecular Hbond substituents is 2. The van der Waals surface area contributed by atoms with E-state index in [1.165, 1.54) is 24.3 Å². The zero-order valence-corrected chi connectivity index (χ0v) is 17.3. The fourth-order valence-corrected chi connectivity index (χ4v) is 2.87. The van der Waals surface area contributed by atoms with Crippen LogP contribution in [0.1, 0.15) is 5.56 Å². The Morgan fingerprint density at radius 1 is 1.03 bits per heavy atom. The Morgan fingerprint density at radius 2 is 1.73 bits per heavy atom. The molecule has 1 aromatic rings. The molecule has 2 rings (SSSR count). The van der Waals surface area contributed by atoms with Crippen molar-refractivity contribution in [2.24, 2.45) is 0 Å². The van der Waals surface area contributed by atoms with Crippen LogP contribution < -0.4 is 0 Å². The summed E-state index contributed by atoms with van der Waals surface area (Å²) in [5, 5.41) is 86.3. The number of hydrogen-bond donors (Lipinski definition) is 9. The number of hydrogen-bond acceptors (Lipinski definition) is 13. The molecule has 0 unspecified atom stereocenters. The van der Waals surface area contributed by atoms with E-state index in [1.807, 2.05) is 0 Å². The maximum atomic E-state index is 11.9. The van der Waals surface area contributed by atoms with Gasteiger partial charge in [0.05, 0.1) is 13.2 Å². The Morgan fingerprint density at radius 3 is 2.36 bits per heavy atom. The zero-order chi connectivity index (χ0) is 24.7. The molecule has 0 aromatic heterocycles. The predicted octanol–water partition coefficient (Wildman–Crippen LogP) is -3.45. The number of aromatic hydroxyl groups is 2. The number of ether oxygens (including phenoxy) is 3. The standard InChI is InChI=1S/C20H28O13/c21-6-12(24)16(27)13(25)7-32-20-19(30)18(29)17(28)14(33-20)8-31-15(26)4-2-9-1-3-10(22)11(23)5-9/h1-5,12-14,16-25,27-30H,6-8H2/t12-,13+,14-,16-,17-,18+,19+,20-/m1/s1. The summed E-state index contributed by atoms with van der Waals surface area (Å²) in [5.74, 6) is -1.58. The van der Waals surface area contributed by atoms with E-state index >= 15 is 0 Å². The van der Waals surface area contributed by atoms with Gasteiger partial charge in [-0.25, -0.2) is 4.79 Å². The molecule has 1 fully saturated rings. The molecule has 13 heteroatoms. The lowest BCUT2D eigenvalue weighted by atomic mass is 9.99. The Balaban J connectivity index is 1.91. The lowest BCUT2D eigenvalue weighted by Gasteiger charge is -2.40. The lowest BCUT2D eigenvalue weighted by Crippen LogP contribution is -2.60. The fraction of sp³-hybridized carbons (Fsp3) is 0.550. The summed E-state index contributed by atoms with van der Waals surface area (Å²) in [6.07, 6.45) is -10.9. The molecule has 1 aromatic carbocycles. The molecule has 9 N–H and O–H groups in total. The van der Waals surface area contributed by atoms with E-state index in [0.29, 0.717) is 5.56 Å². The highest BCUT2D eigenvalue weighted by Gasteiger charge is 2.45. The van der Waals surface area contributed by atoms with Crippen LogP contribution >= 0.6 is 0 Å². The molecule has 1 aliphatic heterocycles. The molecule has 0 saturated carbocycles. The van der Waals surface area contributed by atoms with Crippen LogP contribution in [0.4, 0.5) is 0 Å². The van der Waals surface area contributed by atoms with Crippen LogP contribution in [0.25, 0.3) is 6.08 Å². The summed E-state index contributed by atoms with van der Waals surface area (Å²) in [7, 11) is 0. The first-order valence-corrected chi connectivity index (χ1v) is 9.88. The van der Waals surface area contributed by atoms with Gasteiger partial charge in [0.15, 0.2) is 17.8 Å². The van der Waals surface area contributed by atoms with Crippen LogP contribution in [0.3, 0.4) is 0 Å². The zero-order valence-electron chi connectivity index (χ0n) is 17.3. The third-order valence-electron chi connectivity index (χ3n) is 4.88. The maximum Gasteiger partial charge on any atom is 0.330 e. The number of benzene rings is 1. The maximum absolute atomic E-state index is 11.9. The normalized spacial score (nSPS) is 28.4. The van der Waals surface area contributed by atoms with Gasteiger partial charge < -0.3 is 60.2 Å². The van der Waals surface area contributed by atoms with Gasteiger partial charge in [-0.05, 0) is 23.8 Å². The van der Waals surface area contributed by atoms with E-state index in [2.05, 4.69) is 0 Å². The van der Waals surface area contributed by atoms with Gasteiger partial charge in [0.1, 0.15) is 49.3 Å². The topological polar surface area (TPSA) is 227 Å². The van der Waals surface area contributed by atoms with Gasteiger partial charge in [-0.1, -0.05) is 6.07 Å². The van der Waals surface area contributed by atoms with Crippen molar-refractivity contribution in [3.05, 3.63) is 29.8 Å². The molecule has 0 aliphatic carbocycles. The third-order valence-corrected chi connectivity index (χ3v) is 4.88. The molecule has 1 aliphatic rings. The van der Waals surface area contributed by atoms with Crippen molar-refractivity contribution < 1.29 is 65.0 Å². The van der Waals surface area contributed by atoms with E-state index in [9.17, 15) is 45.6 Å². The van der Waals surface area contributed by atoms with E-state index < -0.39 is 74.8 Å². The van der Waals surface area contributed by atoms with Crippen molar-refractivity contribution in [3.8, 4) is 11.5 Å². The average Bonchev–Trinajstić information content (AvgIpc) is 2.80. The molecular weight excluding hydrogens is 448 g/mol. The van der Waals surface area contributed by atoms with Crippen molar-refractivity contribution in [1.82, 2.24) is 0 Å². The second-order valence-electron chi connectivity index (χ2n) is 7.37. The SMILES string of the molecule is O=C(C=Cc1ccc(O)c(O)c1)OC[C@H]1O[C@@H](OC[C@H](O)[C@H](O)[C@H](O)CO)[C@@H](O)[C@@H](O)[C@@H]1O. The molecule has 33 heavy (non-hydrogen) atoms. The smallest absolute Gasteiger partial charge is 0.330 e. The minimum Gasteiger partial charge on any atom is -0.504 e. The van der Waals surface area contributed by atoms with Crippen LogP contribution in [0, 0.1) is 0 Å². The van der Waals surface area contributed by atoms with Crippen molar-refractivity contribution in [3.63, 3.8) is 0 Å². The Kier molecular flexibility index (Phi) is 9.97. The summed E-state index contributed by atoms with van der Waals surface area (Å²) in [6.45, 7) is -2.04. The van der Waals surface area contributed by atoms with Gasteiger partial charge in [0.2, 0.25) is 0 Å². The van der Waals surface area contributed by atoms with Gasteiger partial charge in [-0.15, -0.1) is 0 Å². The van der Waals surface area contributed by atoms with Gasteiger partial charge in [0, 0.05) is 6.08 Å². The molecule has 1 saturated heterocycles. The number of phenols is 2. The minimum absolute atomic E-state index is 0.331. The first-order valence-electron chi connectivity index (χ1n) is 9.88. The van der Waals surface area contributed by atoms with E-state index in [-0.39, 0.29) is 11.5 Å². The van der Waals surface area contributed by atoms with Gasteiger partial charge in [-0.2, -0.15) is 0 Å². The quantitative estimate of drug-likeness (QED) is 0.0910. The van der Waals surface area contributed by atoms with Crippen molar-refractivity contribution >= 4 is 12.0 Å². The summed E-state index contributed by atoms with van der Waals surface area (Å²) >= 11 is 0. The van der Waals surface area contributed by atoms with Crippen molar-refractivity contribution in [1.29, 1.82) is 0 Å². The highest BCUT2D eigenvalue weighted by Crippen LogP contribution is 2.25. The second kappa shape index (κ2) is 12.2. The first-order chi connectivity index (χ1) is 15.5. The molecular formula is C20H28O13. The molecule has 0 spiro atoms. The number of esters is 1. The lowest BCUT2D eigenvalue weighted by molar-refractivity contribution is -0.307. The van der Waals surface area contributed by atoms with Crippen molar-refractivity contribution in [2.45, 2.75) is 49.0 Å². The number of aliphatic hydroxyl groups is 7. The summed E-state index contributed by atoms with van der Waals surface area (Å²) in [4.78, 5) is 11.9. The molecule has 1 heterocycles. The van der Waals surface area contributed by atoms with Crippen LogP contribution in [-0.4, -0.2) is 121 Å². The van der Waals surface area contributed by atoms with Crippen molar-refractivity contribution in [2.75, 3.05) is 19.8 Å². The third kappa shape index (κ3) is 7.33. The number of rotatable bonds is 10. The monoisotopic (exact) mass is 476 g/mol. The molecule has 0 bridgehead atoms. The van der Waals surface area contributed by atoms with Gasteiger partial charge in [0.25, 0.3) is 0 Å². The van der Waals surface area contributed by atoms with Crippen LogP contribution in [0.5, 0.6) is 11.5 Å². The summed E-state index contributed by atoms with van der Waals surface area (Å²) in [5.41, 5.74) is 0.385. The van der Waals surface area contributed by atoms with Gasteiger partial charge >= 0.3 is 5.97 Å². The molecule has 8 atom stereocenters. The largest absolute Gasteiger partial charge is 0.504 e. The summed E-state index contributed by atoms with van der Waals surface area (Å²) < 4.78 is 15.3. The van der Waals surface area contributed by atoms with Gasteiger partial charge in [-0.3, -0.25) is 0 Å². The second-order valence-corrected chi connectivity index (χ2v) is 7.37. The summed E-state index contributed by atoms with van der Waals surface area (Å²) in [6, 6.07) is 3.86. The van der Waals surface area contributed by atoms with E-state index in [4.69, 9.17) is 19.3 Å². The Bertz CT molecular complexity index is 800. The van der Waals surface area contributed by atoms with Crippen LogP contribution in [0.15, 0.2) is 24.3 Å². The number of carbonyl (C=O) groups excluding carboxylic acids is 1. The Hall–Kier alpha value is -2.33. The number of aliphatic hydroxyl groups excluding tert-OH is 7. The molecule has 13 nitrogen and oxygen atoms in total. The van der Waals surface area contributed by atoms with E-state index in [1.54, 1.807) is 0 Å². The Labute approximate surface area is 187 Å². The van der Waals surface area contributed by atoms with Crippen LogP contribution in [-0.2, 0) is 19.0 Å².